The number of fused-ring (bicyclic) bond motifs is 2. The van der Waals surface area contributed by atoms with Crippen molar-refractivity contribution in [3.05, 3.63) is 82.6 Å². The van der Waals surface area contributed by atoms with Crippen molar-refractivity contribution in [3.63, 3.8) is 0 Å². The summed E-state index contributed by atoms with van der Waals surface area (Å²) in [6.45, 7) is 7.22. The fourth-order valence-electron chi connectivity index (χ4n) is 4.23. The Morgan fingerprint density at radius 1 is 1.05 bits per heavy atom. The van der Waals surface area contributed by atoms with E-state index in [4.69, 9.17) is 19.2 Å². The fourth-order valence-corrected chi connectivity index (χ4v) is 5.17. The summed E-state index contributed by atoms with van der Waals surface area (Å²) in [6.07, 6.45) is 0. The van der Waals surface area contributed by atoms with E-state index in [-0.39, 0.29) is 17.5 Å². The predicted molar refractivity (Wildman–Crippen MR) is 148 cm³/mol. The van der Waals surface area contributed by atoms with Crippen LogP contribution in [0.5, 0.6) is 17.2 Å². The minimum absolute atomic E-state index is 0.168. The van der Waals surface area contributed by atoms with Crippen LogP contribution in [0.25, 0.3) is 16.6 Å². The summed E-state index contributed by atoms with van der Waals surface area (Å²) in [5.41, 5.74) is 1.95. The van der Waals surface area contributed by atoms with Gasteiger partial charge in [0.05, 0.1) is 34.5 Å². The van der Waals surface area contributed by atoms with Crippen molar-refractivity contribution in [2.75, 3.05) is 19.8 Å². The number of carbonyl (C=O) groups is 1. The summed E-state index contributed by atoms with van der Waals surface area (Å²) in [7, 11) is 0. The van der Waals surface area contributed by atoms with E-state index in [1.807, 2.05) is 68.4 Å². The van der Waals surface area contributed by atoms with Crippen molar-refractivity contribution < 1.29 is 19.0 Å². The van der Waals surface area contributed by atoms with Crippen LogP contribution in [-0.2, 0) is 4.79 Å². The lowest BCUT2D eigenvalue weighted by molar-refractivity contribution is -0.120. The summed E-state index contributed by atoms with van der Waals surface area (Å²) in [5.74, 6) is 1.93. The van der Waals surface area contributed by atoms with E-state index in [0.29, 0.717) is 58.8 Å². The van der Waals surface area contributed by atoms with Gasteiger partial charge in [0, 0.05) is 0 Å². The Labute approximate surface area is 224 Å². The van der Waals surface area contributed by atoms with Crippen LogP contribution in [0.2, 0.25) is 0 Å². The van der Waals surface area contributed by atoms with Crippen molar-refractivity contribution in [1.82, 2.24) is 14.9 Å². The van der Waals surface area contributed by atoms with E-state index in [0.717, 1.165) is 5.56 Å². The van der Waals surface area contributed by atoms with Gasteiger partial charge in [-0.1, -0.05) is 30.0 Å². The quantitative estimate of drug-likeness (QED) is 0.255. The van der Waals surface area contributed by atoms with Crippen molar-refractivity contribution >= 4 is 28.6 Å². The highest BCUT2D eigenvalue weighted by Gasteiger charge is 2.23. The van der Waals surface area contributed by atoms with Crippen LogP contribution in [-0.4, -0.2) is 40.5 Å². The van der Waals surface area contributed by atoms with Gasteiger partial charge < -0.3 is 19.5 Å². The molecule has 5 rings (SSSR count). The Morgan fingerprint density at radius 2 is 1.79 bits per heavy atom. The Bertz CT molecular complexity index is 1520. The number of carbonyl (C=O) groups excluding carboxylic acids is 1. The van der Waals surface area contributed by atoms with Crippen LogP contribution in [0.1, 0.15) is 32.4 Å². The Balaban J connectivity index is 1.40. The van der Waals surface area contributed by atoms with Crippen LogP contribution >= 0.6 is 11.8 Å². The number of nitrogens with zero attached hydrogens (tertiary/aromatic N) is 2. The number of ether oxygens (including phenoxy) is 3. The van der Waals surface area contributed by atoms with Gasteiger partial charge in [-0.25, -0.2) is 4.98 Å². The van der Waals surface area contributed by atoms with Crippen molar-refractivity contribution in [2.24, 2.45) is 0 Å². The molecule has 2 atom stereocenters. The highest BCUT2D eigenvalue weighted by molar-refractivity contribution is 8.00. The van der Waals surface area contributed by atoms with Gasteiger partial charge >= 0.3 is 0 Å². The third-order valence-electron chi connectivity index (χ3n) is 6.23. The van der Waals surface area contributed by atoms with Crippen molar-refractivity contribution in [2.45, 2.75) is 37.2 Å². The lowest BCUT2D eigenvalue weighted by Crippen LogP contribution is -2.34. The highest BCUT2D eigenvalue weighted by atomic mass is 32.2. The zero-order chi connectivity index (χ0) is 26.6. The van der Waals surface area contributed by atoms with Crippen LogP contribution in [0.4, 0.5) is 0 Å². The third kappa shape index (κ3) is 5.33. The van der Waals surface area contributed by atoms with Crippen LogP contribution in [0.15, 0.2) is 76.7 Å². The molecule has 38 heavy (non-hydrogen) atoms. The molecule has 3 aromatic carbocycles. The molecule has 1 aromatic heterocycles. The van der Waals surface area contributed by atoms with Crippen LogP contribution in [0, 0.1) is 0 Å². The number of benzene rings is 3. The number of nitrogens with one attached hydrogen (secondary N) is 1. The predicted octanol–water partition coefficient (Wildman–Crippen LogP) is 4.91. The normalized spacial score (nSPS) is 14.1. The second-order valence-corrected chi connectivity index (χ2v) is 10.2. The number of hydrogen-bond donors (Lipinski definition) is 1. The summed E-state index contributed by atoms with van der Waals surface area (Å²) in [6, 6.07) is 19.9. The average Bonchev–Trinajstić information content (AvgIpc) is 2.93. The van der Waals surface area contributed by atoms with E-state index in [1.54, 1.807) is 23.6 Å². The number of hydrogen-bond acceptors (Lipinski definition) is 7. The molecule has 2 unspecified atom stereocenters. The van der Waals surface area contributed by atoms with Gasteiger partial charge in [-0.3, -0.25) is 14.2 Å². The van der Waals surface area contributed by atoms with Gasteiger partial charge in [-0.2, -0.15) is 0 Å². The average molecular weight is 532 g/mol. The van der Waals surface area contributed by atoms with E-state index in [1.165, 1.54) is 11.8 Å². The smallest absolute Gasteiger partial charge is 0.266 e. The molecule has 196 valence electrons. The molecule has 2 heterocycles. The van der Waals surface area contributed by atoms with Gasteiger partial charge in [-0.15, -0.1) is 0 Å². The number of aromatic nitrogens is 2. The molecule has 0 aliphatic carbocycles. The molecule has 9 heteroatoms. The number of para-hydroxylation sites is 1. The van der Waals surface area contributed by atoms with E-state index in [2.05, 4.69) is 5.32 Å². The van der Waals surface area contributed by atoms with Gasteiger partial charge in [-0.05, 0) is 74.9 Å². The number of amides is 1. The molecule has 0 spiro atoms. The molecule has 1 N–H and O–H groups in total. The van der Waals surface area contributed by atoms with E-state index >= 15 is 0 Å². The largest absolute Gasteiger partial charge is 0.494 e. The molecule has 1 amide bonds. The first-order valence-electron chi connectivity index (χ1n) is 12.6. The molecule has 0 fully saturated rings. The van der Waals surface area contributed by atoms with Gasteiger partial charge in [0.1, 0.15) is 19.0 Å². The second kappa shape index (κ2) is 11.2. The molecule has 1 aliphatic heterocycles. The van der Waals surface area contributed by atoms with Crippen LogP contribution < -0.4 is 25.1 Å². The molecule has 8 nitrogen and oxygen atoms in total. The maximum Gasteiger partial charge on any atom is 0.266 e. The molecule has 4 aromatic rings. The van der Waals surface area contributed by atoms with E-state index < -0.39 is 5.25 Å². The Hall–Kier alpha value is -3.98. The number of rotatable bonds is 8. The van der Waals surface area contributed by atoms with E-state index in [9.17, 15) is 9.59 Å². The second-order valence-electron chi connectivity index (χ2n) is 8.87. The minimum Gasteiger partial charge on any atom is -0.494 e. The molecular weight excluding hydrogens is 502 g/mol. The molecule has 0 bridgehead atoms. The zero-order valence-corrected chi connectivity index (χ0v) is 22.3. The third-order valence-corrected chi connectivity index (χ3v) is 7.28. The maximum absolute atomic E-state index is 13.5. The number of thioether (sulfide) groups is 1. The van der Waals surface area contributed by atoms with Crippen molar-refractivity contribution in [1.29, 1.82) is 0 Å². The first kappa shape index (κ1) is 25.7. The van der Waals surface area contributed by atoms with Gasteiger partial charge in [0.2, 0.25) is 5.91 Å². The summed E-state index contributed by atoms with van der Waals surface area (Å²) >= 11 is 1.24. The van der Waals surface area contributed by atoms with Crippen molar-refractivity contribution in [3.8, 4) is 22.9 Å². The topological polar surface area (TPSA) is 91.7 Å². The highest BCUT2D eigenvalue weighted by Crippen LogP contribution is 2.33. The lowest BCUT2D eigenvalue weighted by Gasteiger charge is -2.22. The molecule has 0 radical (unpaired) electrons. The maximum atomic E-state index is 13.5. The Morgan fingerprint density at radius 3 is 2.55 bits per heavy atom. The summed E-state index contributed by atoms with van der Waals surface area (Å²) < 4.78 is 18.4. The molecule has 0 saturated carbocycles. The summed E-state index contributed by atoms with van der Waals surface area (Å²) in [4.78, 5) is 31.5. The molecular formula is C29H29N3O5S. The zero-order valence-electron chi connectivity index (χ0n) is 21.5. The minimum atomic E-state index is -0.517. The SMILES string of the molecule is CCOc1ccc(-n2c(SC(C)C(=O)NC(C)c3ccc4c(c3)OCCO4)nc3ccccc3c2=O)cc1. The molecule has 1 aliphatic rings. The lowest BCUT2D eigenvalue weighted by atomic mass is 10.1. The first-order valence-corrected chi connectivity index (χ1v) is 13.4. The first-order chi connectivity index (χ1) is 18.4. The molecule has 0 saturated heterocycles. The Kier molecular flexibility index (Phi) is 7.55. The monoisotopic (exact) mass is 531 g/mol. The van der Waals surface area contributed by atoms with Gasteiger partial charge in [0.15, 0.2) is 16.7 Å². The fraction of sp³-hybridized carbons (Fsp3) is 0.276. The van der Waals surface area contributed by atoms with Gasteiger partial charge in [0.25, 0.3) is 5.56 Å². The standard InChI is InChI=1S/C29H29N3O5S/c1-4-35-22-12-10-21(11-13-22)32-28(34)23-7-5-6-8-24(23)31-29(32)38-19(3)27(33)30-18(2)20-9-14-25-26(17-20)37-16-15-36-25/h5-14,17-19H,4,15-16H2,1-3H3,(H,30,33). The van der Waals surface area contributed by atoms with Crippen LogP contribution in [0.3, 0.4) is 0 Å². The summed E-state index contributed by atoms with van der Waals surface area (Å²) in [5, 5.41) is 3.50.